The molecular formula is C25H32N2O3. The molecule has 4 aliphatic carbocycles. The van der Waals surface area contributed by atoms with Crippen LogP contribution in [0.4, 0.5) is 0 Å². The Morgan fingerprint density at radius 3 is 2.47 bits per heavy atom. The highest BCUT2D eigenvalue weighted by Crippen LogP contribution is 2.52. The first kappa shape index (κ1) is 19.8. The van der Waals surface area contributed by atoms with E-state index in [2.05, 4.69) is 29.6 Å². The van der Waals surface area contributed by atoms with Crippen molar-refractivity contribution in [2.75, 3.05) is 0 Å². The lowest BCUT2D eigenvalue weighted by Crippen LogP contribution is -2.56. The van der Waals surface area contributed by atoms with Crippen LogP contribution in [0.25, 0.3) is 10.9 Å². The van der Waals surface area contributed by atoms with Crippen LogP contribution < -0.4 is 10.1 Å². The van der Waals surface area contributed by atoms with Crippen LogP contribution >= 0.6 is 0 Å². The topological polar surface area (TPSA) is 71.5 Å². The molecule has 0 aliphatic heterocycles. The number of ether oxygens (including phenoxy) is 1. The number of hydrogen-bond acceptors (Lipinski definition) is 4. The number of aromatic nitrogens is 1. The van der Waals surface area contributed by atoms with Gasteiger partial charge in [-0.25, -0.2) is 0 Å². The van der Waals surface area contributed by atoms with Crippen LogP contribution in [0.3, 0.4) is 0 Å². The molecule has 4 aliphatic rings. The fourth-order valence-electron chi connectivity index (χ4n) is 5.74. The molecule has 0 atom stereocenters. The predicted molar refractivity (Wildman–Crippen MR) is 117 cm³/mol. The summed E-state index contributed by atoms with van der Waals surface area (Å²) in [6, 6.07) is 10.5. The van der Waals surface area contributed by atoms with Crippen molar-refractivity contribution in [2.45, 2.75) is 88.8 Å². The summed E-state index contributed by atoms with van der Waals surface area (Å²) in [5.74, 6) is 0.353. The molecule has 0 unspecified atom stereocenters. The first-order chi connectivity index (χ1) is 14.6. The molecule has 160 valence electrons. The van der Waals surface area contributed by atoms with Gasteiger partial charge in [-0.1, -0.05) is 12.5 Å². The Labute approximate surface area is 178 Å². The van der Waals surface area contributed by atoms with Gasteiger partial charge in [0.15, 0.2) is 0 Å². The Hall–Kier alpha value is -2.14. The Bertz CT molecular complexity index is 911. The van der Waals surface area contributed by atoms with Gasteiger partial charge in [-0.05, 0) is 88.5 Å². The van der Waals surface area contributed by atoms with E-state index in [0.29, 0.717) is 6.10 Å². The number of aliphatic carboxylic acids is 1. The lowest BCUT2D eigenvalue weighted by atomic mass is 9.57. The van der Waals surface area contributed by atoms with Crippen molar-refractivity contribution in [2.24, 2.45) is 5.41 Å². The summed E-state index contributed by atoms with van der Waals surface area (Å²) in [4.78, 5) is 16.5. The molecule has 0 spiro atoms. The molecule has 1 aromatic carbocycles. The Morgan fingerprint density at radius 1 is 1.03 bits per heavy atom. The van der Waals surface area contributed by atoms with Crippen LogP contribution in [0.5, 0.6) is 5.75 Å². The number of rotatable bonds is 6. The molecule has 2 bridgehead atoms. The quantitative estimate of drug-likeness (QED) is 0.686. The molecule has 0 radical (unpaired) electrons. The number of nitrogens with one attached hydrogen (secondary N) is 1. The molecule has 0 amide bonds. The fraction of sp³-hybridized carbons (Fsp3) is 0.600. The molecule has 1 aromatic heterocycles. The molecule has 2 aromatic rings. The average Bonchev–Trinajstić information content (AvgIpc) is 2.79. The van der Waals surface area contributed by atoms with Gasteiger partial charge in [0, 0.05) is 17.5 Å². The maximum absolute atomic E-state index is 11.6. The lowest BCUT2D eigenvalue weighted by Gasteiger charge is -2.51. The van der Waals surface area contributed by atoms with Gasteiger partial charge in [-0.15, -0.1) is 0 Å². The van der Waals surface area contributed by atoms with Crippen LogP contribution in [0.1, 0.15) is 76.3 Å². The number of fused-ring (bicyclic) bond motifs is 4. The van der Waals surface area contributed by atoms with Crippen molar-refractivity contribution in [1.29, 1.82) is 0 Å². The molecule has 30 heavy (non-hydrogen) atoms. The summed E-state index contributed by atoms with van der Waals surface area (Å²) in [6.07, 6.45) is 11.8. The Kier molecular flexibility index (Phi) is 5.18. The van der Waals surface area contributed by atoms with Crippen LogP contribution in [0.2, 0.25) is 0 Å². The summed E-state index contributed by atoms with van der Waals surface area (Å²) in [5, 5.41) is 14.4. The monoisotopic (exact) mass is 408 g/mol. The second-order valence-corrected chi connectivity index (χ2v) is 9.75. The first-order valence-corrected chi connectivity index (χ1v) is 11.6. The number of carbonyl (C=O) groups is 1. The van der Waals surface area contributed by atoms with E-state index in [1.54, 1.807) is 0 Å². The number of pyridine rings is 1. The van der Waals surface area contributed by atoms with Gasteiger partial charge in [0.25, 0.3) is 0 Å². The third-order valence-corrected chi connectivity index (χ3v) is 7.92. The number of nitrogens with zero attached hydrogens (tertiary/aromatic N) is 1. The van der Waals surface area contributed by atoms with Gasteiger partial charge in [-0.2, -0.15) is 0 Å². The van der Waals surface area contributed by atoms with E-state index in [-0.39, 0.29) is 5.54 Å². The minimum absolute atomic E-state index is 0.0888. The highest BCUT2D eigenvalue weighted by atomic mass is 16.5. The van der Waals surface area contributed by atoms with Gasteiger partial charge in [0.05, 0.1) is 22.7 Å². The normalized spacial score (nSPS) is 29.2. The van der Waals surface area contributed by atoms with E-state index in [1.165, 1.54) is 19.3 Å². The second-order valence-electron chi connectivity index (χ2n) is 9.75. The van der Waals surface area contributed by atoms with Crippen LogP contribution in [0.15, 0.2) is 30.3 Å². The summed E-state index contributed by atoms with van der Waals surface area (Å²) in [7, 11) is 0. The van der Waals surface area contributed by atoms with E-state index in [4.69, 9.17) is 9.72 Å². The third-order valence-electron chi connectivity index (χ3n) is 7.92. The van der Waals surface area contributed by atoms with Crippen molar-refractivity contribution < 1.29 is 14.6 Å². The number of hydrogen-bond donors (Lipinski definition) is 2. The molecule has 1 heterocycles. The fourth-order valence-corrected chi connectivity index (χ4v) is 5.74. The van der Waals surface area contributed by atoms with Crippen molar-refractivity contribution in [3.8, 4) is 5.75 Å². The van der Waals surface area contributed by atoms with Gasteiger partial charge < -0.3 is 15.2 Å². The standard InChI is InChI=1S/C25H32N2O3/c28-23(29)24-10-13-25(14-11-24,15-12-24)26-17-19-7-6-18-16-21(8-9-22(18)27-19)30-20-4-2-1-3-5-20/h6-9,16,20,26H,1-5,10-15,17H2,(H,28,29). The zero-order valence-electron chi connectivity index (χ0n) is 17.7. The Morgan fingerprint density at radius 2 is 1.77 bits per heavy atom. The van der Waals surface area contributed by atoms with Gasteiger partial charge in [-0.3, -0.25) is 9.78 Å². The van der Waals surface area contributed by atoms with Crippen molar-refractivity contribution >= 4 is 16.9 Å². The van der Waals surface area contributed by atoms with Crippen molar-refractivity contribution in [3.05, 3.63) is 36.0 Å². The molecule has 5 nitrogen and oxygen atoms in total. The molecule has 5 heteroatoms. The van der Waals surface area contributed by atoms with E-state index in [9.17, 15) is 9.90 Å². The largest absolute Gasteiger partial charge is 0.490 e. The minimum Gasteiger partial charge on any atom is -0.490 e. The maximum atomic E-state index is 11.6. The van der Waals surface area contributed by atoms with E-state index in [1.807, 2.05) is 6.07 Å². The molecule has 2 N–H and O–H groups in total. The van der Waals surface area contributed by atoms with E-state index < -0.39 is 11.4 Å². The lowest BCUT2D eigenvalue weighted by molar-refractivity contribution is -0.156. The SMILES string of the molecule is O=C(O)C12CCC(NCc3ccc4cc(OC5CCCCC5)ccc4n3)(CC1)CC2. The molecular weight excluding hydrogens is 376 g/mol. The number of carboxylic acids is 1. The highest BCUT2D eigenvalue weighted by Gasteiger charge is 2.52. The van der Waals surface area contributed by atoms with Crippen LogP contribution in [0, 0.1) is 5.41 Å². The zero-order chi connectivity index (χ0) is 20.6. The smallest absolute Gasteiger partial charge is 0.309 e. The number of carboxylic acid groups (broad SMARTS) is 1. The van der Waals surface area contributed by atoms with Crippen molar-refractivity contribution in [1.82, 2.24) is 10.3 Å². The first-order valence-electron chi connectivity index (χ1n) is 11.6. The average molecular weight is 409 g/mol. The van der Waals surface area contributed by atoms with Gasteiger partial charge in [0.1, 0.15) is 5.75 Å². The molecule has 6 rings (SSSR count). The maximum Gasteiger partial charge on any atom is 0.309 e. The summed E-state index contributed by atoms with van der Waals surface area (Å²) in [6.45, 7) is 0.732. The summed E-state index contributed by atoms with van der Waals surface area (Å²) in [5.41, 5.74) is 1.67. The van der Waals surface area contributed by atoms with E-state index in [0.717, 1.165) is 80.3 Å². The van der Waals surface area contributed by atoms with Crippen molar-refractivity contribution in [3.63, 3.8) is 0 Å². The molecule has 0 saturated heterocycles. The Balaban J connectivity index is 1.23. The van der Waals surface area contributed by atoms with Gasteiger partial charge >= 0.3 is 5.97 Å². The zero-order valence-corrected chi connectivity index (χ0v) is 17.7. The molecule has 4 saturated carbocycles. The summed E-state index contributed by atoms with van der Waals surface area (Å²) < 4.78 is 6.20. The highest BCUT2D eigenvalue weighted by molar-refractivity contribution is 5.80. The second kappa shape index (κ2) is 7.84. The number of benzene rings is 1. The predicted octanol–water partition coefficient (Wildman–Crippen LogP) is 5.21. The summed E-state index contributed by atoms with van der Waals surface area (Å²) >= 11 is 0. The van der Waals surface area contributed by atoms with Crippen LogP contribution in [-0.4, -0.2) is 27.7 Å². The van der Waals surface area contributed by atoms with Gasteiger partial charge in [0.2, 0.25) is 0 Å². The molecule has 4 fully saturated rings. The minimum atomic E-state index is -0.598. The van der Waals surface area contributed by atoms with Crippen LogP contribution in [-0.2, 0) is 11.3 Å². The third kappa shape index (κ3) is 3.80. The van der Waals surface area contributed by atoms with E-state index >= 15 is 0 Å².